The lowest BCUT2D eigenvalue weighted by Crippen LogP contribution is -2.33. The lowest BCUT2D eigenvalue weighted by atomic mass is 10.1. The number of likely N-dealkylation sites (tertiary alicyclic amines) is 1. The van der Waals surface area contributed by atoms with Crippen LogP contribution in [0.2, 0.25) is 0 Å². The van der Waals surface area contributed by atoms with Crippen molar-refractivity contribution < 1.29 is 9.32 Å². The molecule has 0 unspecified atom stereocenters. The van der Waals surface area contributed by atoms with Crippen LogP contribution in [-0.4, -0.2) is 42.0 Å². The Labute approximate surface area is 157 Å². The zero-order valence-electron chi connectivity index (χ0n) is 15.9. The van der Waals surface area contributed by atoms with Crippen LogP contribution in [-0.2, 0) is 7.05 Å². The van der Waals surface area contributed by atoms with Gasteiger partial charge < -0.3 is 14.0 Å². The Kier molecular flexibility index (Phi) is 4.25. The number of imidazole rings is 1. The van der Waals surface area contributed by atoms with Crippen molar-refractivity contribution in [3.63, 3.8) is 0 Å². The predicted molar refractivity (Wildman–Crippen MR) is 98.0 cm³/mol. The molecule has 1 aliphatic heterocycles. The molecule has 1 amide bonds. The van der Waals surface area contributed by atoms with Gasteiger partial charge in [-0.15, -0.1) is 0 Å². The summed E-state index contributed by atoms with van der Waals surface area (Å²) in [5.74, 6) is 1.77. The monoisotopic (exact) mass is 366 g/mol. The molecule has 0 aliphatic carbocycles. The van der Waals surface area contributed by atoms with Gasteiger partial charge in [0.25, 0.3) is 5.91 Å². The van der Waals surface area contributed by atoms with Crippen molar-refractivity contribution in [3.05, 3.63) is 47.3 Å². The number of amides is 1. The summed E-state index contributed by atoms with van der Waals surface area (Å²) in [6.07, 6.45) is 5.23. The number of carbonyl (C=O) groups is 1. The molecule has 4 heterocycles. The van der Waals surface area contributed by atoms with Crippen LogP contribution in [0.25, 0.3) is 11.3 Å². The van der Waals surface area contributed by atoms with Crippen molar-refractivity contribution in [2.75, 3.05) is 6.54 Å². The molecule has 1 fully saturated rings. The predicted octanol–water partition coefficient (Wildman–Crippen LogP) is 2.77. The summed E-state index contributed by atoms with van der Waals surface area (Å²) in [5, 5.41) is 4.03. The van der Waals surface area contributed by atoms with Crippen LogP contribution in [0.5, 0.6) is 0 Å². The Morgan fingerprint density at radius 3 is 2.74 bits per heavy atom. The van der Waals surface area contributed by atoms with Gasteiger partial charge in [0.2, 0.25) is 0 Å². The molecule has 0 bridgehead atoms. The van der Waals surface area contributed by atoms with Gasteiger partial charge in [-0.1, -0.05) is 5.16 Å². The highest BCUT2D eigenvalue weighted by Crippen LogP contribution is 2.34. The van der Waals surface area contributed by atoms with Crippen LogP contribution >= 0.6 is 0 Å². The van der Waals surface area contributed by atoms with E-state index < -0.39 is 0 Å². The molecule has 4 rings (SSSR count). The van der Waals surface area contributed by atoms with E-state index in [0.717, 1.165) is 41.2 Å². The van der Waals surface area contributed by atoms with E-state index in [1.807, 2.05) is 38.8 Å². The molecule has 8 nitrogen and oxygen atoms in total. The van der Waals surface area contributed by atoms with Gasteiger partial charge in [-0.25, -0.2) is 15.0 Å². The molecule has 8 heteroatoms. The minimum absolute atomic E-state index is 0.0693. The van der Waals surface area contributed by atoms with E-state index >= 15 is 0 Å². The third-order valence-electron chi connectivity index (χ3n) is 5.01. The quantitative estimate of drug-likeness (QED) is 0.708. The number of rotatable bonds is 3. The van der Waals surface area contributed by atoms with Crippen molar-refractivity contribution in [3.8, 4) is 11.3 Å². The minimum atomic E-state index is -0.0878. The van der Waals surface area contributed by atoms with Gasteiger partial charge in [0.1, 0.15) is 11.6 Å². The van der Waals surface area contributed by atoms with Crippen LogP contribution in [0.15, 0.2) is 23.0 Å². The first-order valence-electron chi connectivity index (χ1n) is 9.03. The molecule has 0 radical (unpaired) electrons. The topological polar surface area (TPSA) is 89.9 Å². The molecule has 1 atom stereocenters. The molecular weight excluding hydrogens is 344 g/mol. The zero-order valence-corrected chi connectivity index (χ0v) is 15.9. The summed E-state index contributed by atoms with van der Waals surface area (Å²) in [6.45, 7) is 6.33. The summed E-state index contributed by atoms with van der Waals surface area (Å²) >= 11 is 0. The SMILES string of the molecule is Cc1nc(-c2c(C)noc2C)cc([C@H]2CCCN2C(=O)c2nccn2C)n1. The average molecular weight is 366 g/mol. The number of hydrogen-bond donors (Lipinski definition) is 0. The summed E-state index contributed by atoms with van der Waals surface area (Å²) < 4.78 is 7.04. The first kappa shape index (κ1) is 17.4. The zero-order chi connectivity index (χ0) is 19.1. The molecule has 1 aliphatic rings. The number of aryl methyl sites for hydroxylation is 4. The maximum absolute atomic E-state index is 13.0. The Hall–Kier alpha value is -3.03. The second-order valence-corrected chi connectivity index (χ2v) is 6.94. The van der Waals surface area contributed by atoms with Gasteiger partial charge in [-0.3, -0.25) is 4.79 Å². The normalized spacial score (nSPS) is 16.9. The Morgan fingerprint density at radius 2 is 2.07 bits per heavy atom. The van der Waals surface area contributed by atoms with E-state index in [2.05, 4.69) is 20.1 Å². The minimum Gasteiger partial charge on any atom is -0.361 e. The maximum atomic E-state index is 13.0. The standard InChI is InChI=1S/C19H22N6O2/c1-11-17(12(2)27-23-11)15-10-14(21-13(3)22-15)16-6-5-8-25(16)19(26)18-20-7-9-24(18)4/h7,9-10,16H,5-6,8H2,1-4H3/t16-/m1/s1. The van der Waals surface area contributed by atoms with Crippen molar-refractivity contribution in [2.45, 2.75) is 39.7 Å². The number of hydrogen-bond acceptors (Lipinski definition) is 6. The van der Waals surface area contributed by atoms with Crippen molar-refractivity contribution in [2.24, 2.45) is 7.05 Å². The first-order chi connectivity index (χ1) is 13.0. The largest absolute Gasteiger partial charge is 0.361 e. The average Bonchev–Trinajstić information content (AvgIpc) is 3.34. The van der Waals surface area contributed by atoms with Crippen LogP contribution in [0.4, 0.5) is 0 Å². The lowest BCUT2D eigenvalue weighted by Gasteiger charge is -2.24. The molecule has 0 aromatic carbocycles. The fourth-order valence-electron chi connectivity index (χ4n) is 3.76. The second-order valence-electron chi connectivity index (χ2n) is 6.94. The second kappa shape index (κ2) is 6.61. The highest BCUT2D eigenvalue weighted by Gasteiger charge is 2.33. The smallest absolute Gasteiger partial charge is 0.290 e. The van der Waals surface area contributed by atoms with Crippen LogP contribution < -0.4 is 0 Å². The molecule has 140 valence electrons. The fourth-order valence-corrected chi connectivity index (χ4v) is 3.76. The number of nitrogens with zero attached hydrogens (tertiary/aromatic N) is 6. The van der Waals surface area contributed by atoms with Gasteiger partial charge >= 0.3 is 0 Å². The van der Waals surface area contributed by atoms with Crippen molar-refractivity contribution in [1.82, 2.24) is 29.6 Å². The highest BCUT2D eigenvalue weighted by atomic mass is 16.5. The first-order valence-corrected chi connectivity index (χ1v) is 9.03. The Morgan fingerprint density at radius 1 is 1.26 bits per heavy atom. The van der Waals surface area contributed by atoms with Gasteiger partial charge in [-0.05, 0) is 39.7 Å². The molecule has 3 aromatic heterocycles. The van der Waals surface area contributed by atoms with E-state index in [4.69, 9.17) is 4.52 Å². The number of carbonyl (C=O) groups excluding carboxylic acids is 1. The summed E-state index contributed by atoms with van der Waals surface area (Å²) in [7, 11) is 1.83. The summed E-state index contributed by atoms with van der Waals surface area (Å²) in [4.78, 5) is 28.3. The van der Waals surface area contributed by atoms with E-state index in [0.29, 0.717) is 18.2 Å². The molecule has 0 N–H and O–H groups in total. The molecule has 27 heavy (non-hydrogen) atoms. The summed E-state index contributed by atoms with van der Waals surface area (Å²) in [5.41, 5.74) is 3.31. The van der Waals surface area contributed by atoms with E-state index in [-0.39, 0.29) is 11.9 Å². The van der Waals surface area contributed by atoms with E-state index in [9.17, 15) is 4.79 Å². The van der Waals surface area contributed by atoms with Crippen molar-refractivity contribution in [1.29, 1.82) is 0 Å². The molecule has 0 saturated carbocycles. The van der Waals surface area contributed by atoms with E-state index in [1.54, 1.807) is 17.0 Å². The molecule has 1 saturated heterocycles. The Bertz CT molecular complexity index is 986. The third kappa shape index (κ3) is 3.01. The summed E-state index contributed by atoms with van der Waals surface area (Å²) in [6, 6.07) is 1.86. The van der Waals surface area contributed by atoms with E-state index in [1.165, 1.54) is 0 Å². The molecule has 0 spiro atoms. The molecular formula is C19H22N6O2. The lowest BCUT2D eigenvalue weighted by molar-refractivity contribution is 0.0716. The van der Waals surface area contributed by atoms with Crippen LogP contribution in [0, 0.1) is 20.8 Å². The third-order valence-corrected chi connectivity index (χ3v) is 5.01. The van der Waals surface area contributed by atoms with Gasteiger partial charge in [0, 0.05) is 26.0 Å². The Balaban J connectivity index is 1.72. The van der Waals surface area contributed by atoms with Gasteiger partial charge in [0.05, 0.1) is 28.7 Å². The van der Waals surface area contributed by atoms with Gasteiger partial charge in [0.15, 0.2) is 5.82 Å². The van der Waals surface area contributed by atoms with Crippen molar-refractivity contribution >= 4 is 5.91 Å². The van der Waals surface area contributed by atoms with Gasteiger partial charge in [-0.2, -0.15) is 0 Å². The maximum Gasteiger partial charge on any atom is 0.290 e. The molecule has 3 aromatic rings. The van der Waals surface area contributed by atoms with Crippen LogP contribution in [0.3, 0.4) is 0 Å². The van der Waals surface area contributed by atoms with Crippen LogP contribution in [0.1, 0.15) is 52.5 Å². The fraction of sp³-hybridized carbons (Fsp3) is 0.421. The number of aromatic nitrogens is 5. The highest BCUT2D eigenvalue weighted by molar-refractivity contribution is 5.91.